The predicted molar refractivity (Wildman–Crippen MR) is 72.1 cm³/mol. The Morgan fingerprint density at radius 2 is 2.00 bits per heavy atom. The van der Waals surface area contributed by atoms with Crippen LogP contribution in [-0.4, -0.2) is 18.8 Å². The van der Waals surface area contributed by atoms with Gasteiger partial charge in [-0.05, 0) is 25.5 Å². The molecule has 5 heteroatoms. The Bertz CT molecular complexity index is 411. The number of hydrogen-bond donors (Lipinski definition) is 1. The van der Waals surface area contributed by atoms with E-state index < -0.39 is 0 Å². The molecular formula is C12H14Cl3NO. The van der Waals surface area contributed by atoms with Crippen LogP contribution >= 0.6 is 34.8 Å². The summed E-state index contributed by atoms with van der Waals surface area (Å²) in [6.45, 7) is 3.47. The van der Waals surface area contributed by atoms with Gasteiger partial charge >= 0.3 is 0 Å². The first-order valence-corrected chi connectivity index (χ1v) is 6.70. The molecule has 0 amide bonds. The van der Waals surface area contributed by atoms with Crippen LogP contribution in [0.1, 0.15) is 18.9 Å². The van der Waals surface area contributed by atoms with Crippen LogP contribution in [0.3, 0.4) is 0 Å². The molecule has 2 unspecified atom stereocenters. The smallest absolute Gasteiger partial charge is 0.0700 e. The summed E-state index contributed by atoms with van der Waals surface area (Å²) in [4.78, 5) is 0. The van der Waals surface area contributed by atoms with Crippen molar-refractivity contribution in [1.29, 1.82) is 0 Å². The van der Waals surface area contributed by atoms with Crippen molar-refractivity contribution in [2.75, 3.05) is 6.61 Å². The van der Waals surface area contributed by atoms with E-state index in [1.807, 2.05) is 0 Å². The molecule has 0 spiro atoms. The topological polar surface area (TPSA) is 21.3 Å². The molecule has 1 saturated heterocycles. The van der Waals surface area contributed by atoms with Crippen molar-refractivity contribution in [3.63, 3.8) is 0 Å². The summed E-state index contributed by atoms with van der Waals surface area (Å²) < 4.78 is 5.48. The number of nitrogens with one attached hydrogen (secondary N) is 1. The Labute approximate surface area is 116 Å². The molecule has 0 radical (unpaired) electrons. The van der Waals surface area contributed by atoms with Gasteiger partial charge in [0.05, 0.1) is 16.1 Å². The highest BCUT2D eigenvalue weighted by atomic mass is 35.5. The number of benzene rings is 1. The van der Waals surface area contributed by atoms with Crippen molar-refractivity contribution < 1.29 is 4.74 Å². The summed E-state index contributed by atoms with van der Waals surface area (Å²) in [6, 6.07) is 3.82. The zero-order chi connectivity index (χ0) is 12.4. The maximum Gasteiger partial charge on any atom is 0.0700 e. The standard InChI is InChI=1S/C12H14Cl3NO/c1-7-11(4-5-17-7)16-6-8-9(13)2-3-10(14)12(8)15/h2-3,7,11,16H,4-6H2,1H3. The molecule has 17 heavy (non-hydrogen) atoms. The molecule has 1 aromatic rings. The molecule has 1 N–H and O–H groups in total. The lowest BCUT2D eigenvalue weighted by Gasteiger charge is -2.17. The van der Waals surface area contributed by atoms with E-state index in [9.17, 15) is 0 Å². The van der Waals surface area contributed by atoms with Gasteiger partial charge in [0.2, 0.25) is 0 Å². The van der Waals surface area contributed by atoms with Crippen molar-refractivity contribution in [1.82, 2.24) is 5.32 Å². The van der Waals surface area contributed by atoms with Gasteiger partial charge in [-0.1, -0.05) is 34.8 Å². The zero-order valence-electron chi connectivity index (χ0n) is 9.47. The minimum absolute atomic E-state index is 0.228. The van der Waals surface area contributed by atoms with Gasteiger partial charge in [-0.25, -0.2) is 0 Å². The Hall–Kier alpha value is 0.01000. The monoisotopic (exact) mass is 293 g/mol. The molecular weight excluding hydrogens is 280 g/mol. The molecule has 1 aromatic carbocycles. The predicted octanol–water partition coefficient (Wildman–Crippen LogP) is 3.91. The average Bonchev–Trinajstić information content (AvgIpc) is 2.70. The Morgan fingerprint density at radius 3 is 2.65 bits per heavy atom. The third-order valence-corrected chi connectivity index (χ3v) is 4.25. The summed E-state index contributed by atoms with van der Waals surface area (Å²) >= 11 is 18.2. The largest absolute Gasteiger partial charge is 0.377 e. The van der Waals surface area contributed by atoms with E-state index in [1.165, 1.54) is 0 Å². The molecule has 2 atom stereocenters. The summed E-state index contributed by atoms with van der Waals surface area (Å²) in [5.74, 6) is 0. The Morgan fingerprint density at radius 1 is 1.29 bits per heavy atom. The highest BCUT2D eigenvalue weighted by Gasteiger charge is 2.24. The first kappa shape index (κ1) is 13.4. The number of rotatable bonds is 3. The van der Waals surface area contributed by atoms with E-state index in [1.54, 1.807) is 12.1 Å². The van der Waals surface area contributed by atoms with Crippen LogP contribution in [0.4, 0.5) is 0 Å². The number of halogens is 3. The van der Waals surface area contributed by atoms with Gasteiger partial charge in [0.15, 0.2) is 0 Å². The molecule has 2 rings (SSSR count). The van der Waals surface area contributed by atoms with Crippen LogP contribution in [0.25, 0.3) is 0 Å². The van der Waals surface area contributed by atoms with Crippen molar-refractivity contribution in [3.05, 3.63) is 32.8 Å². The molecule has 0 aliphatic carbocycles. The fourth-order valence-corrected chi connectivity index (χ4v) is 2.65. The van der Waals surface area contributed by atoms with Gasteiger partial charge in [0.25, 0.3) is 0 Å². The van der Waals surface area contributed by atoms with Crippen molar-refractivity contribution in [2.24, 2.45) is 0 Å². The van der Waals surface area contributed by atoms with E-state index >= 15 is 0 Å². The minimum atomic E-state index is 0.228. The molecule has 94 valence electrons. The fourth-order valence-electron chi connectivity index (χ4n) is 1.96. The first-order valence-electron chi connectivity index (χ1n) is 5.57. The second-order valence-corrected chi connectivity index (χ2v) is 5.37. The van der Waals surface area contributed by atoms with Gasteiger partial charge in [-0.2, -0.15) is 0 Å². The minimum Gasteiger partial charge on any atom is -0.377 e. The fraction of sp³-hybridized carbons (Fsp3) is 0.500. The average molecular weight is 295 g/mol. The van der Waals surface area contributed by atoms with Crippen LogP contribution in [0, 0.1) is 0 Å². The first-order chi connectivity index (χ1) is 8.09. The van der Waals surface area contributed by atoms with Gasteiger partial charge in [-0.3, -0.25) is 0 Å². The van der Waals surface area contributed by atoms with Crippen LogP contribution in [-0.2, 0) is 11.3 Å². The Kier molecular flexibility index (Phi) is 4.56. The SMILES string of the molecule is CC1OCCC1NCc1c(Cl)ccc(Cl)c1Cl. The molecule has 0 saturated carbocycles. The van der Waals surface area contributed by atoms with Crippen molar-refractivity contribution in [2.45, 2.75) is 32.0 Å². The van der Waals surface area contributed by atoms with Gasteiger partial charge in [-0.15, -0.1) is 0 Å². The third kappa shape index (κ3) is 3.07. The quantitative estimate of drug-likeness (QED) is 0.853. The third-order valence-electron chi connectivity index (χ3n) is 3.06. The van der Waals surface area contributed by atoms with E-state index in [0.29, 0.717) is 27.7 Å². The van der Waals surface area contributed by atoms with Crippen LogP contribution in [0.15, 0.2) is 12.1 Å². The lowest BCUT2D eigenvalue weighted by Crippen LogP contribution is -2.34. The van der Waals surface area contributed by atoms with E-state index in [-0.39, 0.29) is 6.10 Å². The maximum absolute atomic E-state index is 6.13. The highest BCUT2D eigenvalue weighted by Crippen LogP contribution is 2.31. The van der Waals surface area contributed by atoms with Gasteiger partial charge in [0, 0.05) is 29.8 Å². The second-order valence-electron chi connectivity index (χ2n) is 4.17. The van der Waals surface area contributed by atoms with E-state index in [2.05, 4.69) is 12.2 Å². The van der Waals surface area contributed by atoms with Gasteiger partial charge in [0.1, 0.15) is 0 Å². The van der Waals surface area contributed by atoms with Crippen molar-refractivity contribution >= 4 is 34.8 Å². The van der Waals surface area contributed by atoms with E-state index in [4.69, 9.17) is 39.5 Å². The normalized spacial score (nSPS) is 24.2. The molecule has 1 heterocycles. The second kappa shape index (κ2) is 5.77. The number of ether oxygens (including phenoxy) is 1. The number of hydrogen-bond acceptors (Lipinski definition) is 2. The molecule has 1 fully saturated rings. The maximum atomic E-state index is 6.13. The van der Waals surface area contributed by atoms with Crippen LogP contribution in [0.2, 0.25) is 15.1 Å². The zero-order valence-corrected chi connectivity index (χ0v) is 11.7. The van der Waals surface area contributed by atoms with Crippen LogP contribution in [0.5, 0.6) is 0 Å². The molecule has 2 nitrogen and oxygen atoms in total. The van der Waals surface area contributed by atoms with Gasteiger partial charge < -0.3 is 10.1 Å². The van der Waals surface area contributed by atoms with Crippen LogP contribution < -0.4 is 5.32 Å². The molecule has 0 aromatic heterocycles. The van der Waals surface area contributed by atoms with E-state index in [0.717, 1.165) is 18.6 Å². The summed E-state index contributed by atoms with van der Waals surface area (Å²) in [5, 5.41) is 5.10. The lowest BCUT2D eigenvalue weighted by molar-refractivity contribution is 0.113. The lowest BCUT2D eigenvalue weighted by atomic mass is 10.1. The van der Waals surface area contributed by atoms with Crippen molar-refractivity contribution in [3.8, 4) is 0 Å². The highest BCUT2D eigenvalue weighted by molar-refractivity contribution is 6.44. The Balaban J connectivity index is 2.06. The summed E-state index contributed by atoms with van der Waals surface area (Å²) in [5.41, 5.74) is 0.847. The molecule has 1 aliphatic heterocycles. The summed E-state index contributed by atoms with van der Waals surface area (Å²) in [6.07, 6.45) is 1.24. The molecule has 0 bridgehead atoms. The molecule has 1 aliphatic rings. The summed E-state index contributed by atoms with van der Waals surface area (Å²) in [7, 11) is 0.